The molecule has 0 unspecified atom stereocenters. The Bertz CT molecular complexity index is 361. The summed E-state index contributed by atoms with van der Waals surface area (Å²) < 4.78 is 12.9. The molecular formula is C11H17FN2O2. The zero-order valence-electron chi connectivity index (χ0n) is 9.66. The van der Waals surface area contributed by atoms with Gasteiger partial charge in [-0.1, -0.05) is 0 Å². The Morgan fingerprint density at radius 1 is 1.31 bits per heavy atom. The van der Waals surface area contributed by atoms with Crippen LogP contribution in [0.5, 0.6) is 0 Å². The Balaban J connectivity index is 2.77. The Morgan fingerprint density at radius 3 is 2.44 bits per heavy atom. The molecule has 0 saturated heterocycles. The molecule has 5 heteroatoms. The van der Waals surface area contributed by atoms with E-state index in [0.29, 0.717) is 0 Å². The van der Waals surface area contributed by atoms with Crippen LogP contribution in [0.25, 0.3) is 0 Å². The maximum absolute atomic E-state index is 12.9. The van der Waals surface area contributed by atoms with Gasteiger partial charge in [-0.2, -0.15) is 0 Å². The summed E-state index contributed by atoms with van der Waals surface area (Å²) in [6.07, 6.45) is 2.24. The lowest BCUT2D eigenvalue weighted by atomic mass is 10.0. The lowest BCUT2D eigenvalue weighted by molar-refractivity contribution is -0.168. The third-order valence-corrected chi connectivity index (χ3v) is 2.03. The van der Waals surface area contributed by atoms with Crippen molar-refractivity contribution in [1.29, 1.82) is 0 Å². The monoisotopic (exact) mass is 228 g/mol. The molecule has 0 radical (unpaired) electrons. The van der Waals surface area contributed by atoms with Crippen LogP contribution in [0.4, 0.5) is 4.39 Å². The number of halogens is 1. The number of β-amino-alcohol motifs (C(OH)–C–C–N with tert-alkyl or cyclic N) is 2. The van der Waals surface area contributed by atoms with Gasteiger partial charge in [-0.05, 0) is 26.8 Å². The van der Waals surface area contributed by atoms with Crippen molar-refractivity contribution < 1.29 is 14.6 Å². The normalized spacial score (nSPS) is 12.9. The molecule has 0 aliphatic rings. The number of hydrogen-bond donors (Lipinski definition) is 3. The van der Waals surface area contributed by atoms with Gasteiger partial charge in [0.2, 0.25) is 5.79 Å². The van der Waals surface area contributed by atoms with Gasteiger partial charge in [0.1, 0.15) is 5.82 Å². The molecule has 0 spiro atoms. The summed E-state index contributed by atoms with van der Waals surface area (Å²) in [7, 11) is 0. The number of pyridine rings is 1. The van der Waals surface area contributed by atoms with Gasteiger partial charge in [0.15, 0.2) is 0 Å². The molecule has 1 aromatic heterocycles. The van der Waals surface area contributed by atoms with Crippen molar-refractivity contribution in [3.63, 3.8) is 0 Å². The number of nitrogens with zero attached hydrogens (tertiary/aromatic N) is 1. The molecule has 1 rings (SSSR count). The third-order valence-electron chi connectivity index (χ3n) is 2.03. The fourth-order valence-corrected chi connectivity index (χ4v) is 1.12. The summed E-state index contributed by atoms with van der Waals surface area (Å²) in [6.45, 7) is 5.59. The molecule has 90 valence electrons. The van der Waals surface area contributed by atoms with E-state index < -0.39 is 11.6 Å². The molecule has 0 aliphatic carbocycles. The minimum absolute atomic E-state index is 0.0317. The van der Waals surface area contributed by atoms with Crippen molar-refractivity contribution in [3.05, 3.63) is 29.8 Å². The van der Waals surface area contributed by atoms with Crippen LogP contribution in [0.3, 0.4) is 0 Å². The van der Waals surface area contributed by atoms with Crippen LogP contribution in [0, 0.1) is 5.82 Å². The minimum atomic E-state index is -2.12. The van der Waals surface area contributed by atoms with Crippen LogP contribution >= 0.6 is 0 Å². The van der Waals surface area contributed by atoms with Gasteiger partial charge >= 0.3 is 0 Å². The first-order chi connectivity index (χ1) is 7.21. The van der Waals surface area contributed by atoms with Crippen molar-refractivity contribution in [1.82, 2.24) is 10.3 Å². The Hall–Kier alpha value is -1.04. The Morgan fingerprint density at radius 2 is 1.94 bits per heavy atom. The average Bonchev–Trinajstić information content (AvgIpc) is 2.14. The predicted octanol–water partition coefficient (Wildman–Crippen LogP) is 0.746. The summed E-state index contributed by atoms with van der Waals surface area (Å²) in [5.74, 6) is -2.72. The molecule has 0 fully saturated rings. The van der Waals surface area contributed by atoms with Gasteiger partial charge in [0.25, 0.3) is 0 Å². The van der Waals surface area contributed by atoms with E-state index in [9.17, 15) is 14.6 Å². The molecule has 0 bridgehead atoms. The molecule has 0 amide bonds. The smallest absolute Gasteiger partial charge is 0.204 e. The highest BCUT2D eigenvalue weighted by molar-refractivity contribution is 5.16. The topological polar surface area (TPSA) is 65.4 Å². The maximum atomic E-state index is 12.9. The first-order valence-electron chi connectivity index (χ1n) is 5.01. The first-order valence-corrected chi connectivity index (χ1v) is 5.01. The van der Waals surface area contributed by atoms with Crippen LogP contribution in [0.1, 0.15) is 26.3 Å². The fraction of sp³-hybridized carbons (Fsp3) is 0.545. The van der Waals surface area contributed by atoms with Gasteiger partial charge < -0.3 is 15.5 Å². The third kappa shape index (κ3) is 3.84. The maximum Gasteiger partial charge on any atom is 0.204 e. The van der Waals surface area contributed by atoms with Crippen molar-refractivity contribution in [2.24, 2.45) is 0 Å². The molecule has 1 heterocycles. The second kappa shape index (κ2) is 4.45. The summed E-state index contributed by atoms with van der Waals surface area (Å²) in [5.41, 5.74) is -0.221. The number of nitrogens with one attached hydrogen (secondary N) is 1. The average molecular weight is 228 g/mol. The SMILES string of the molecule is CC(C)(C)NCC(O)(O)c1cncc(F)c1. The lowest BCUT2D eigenvalue weighted by Crippen LogP contribution is -2.46. The van der Waals surface area contributed by atoms with E-state index in [1.54, 1.807) is 0 Å². The Labute approximate surface area is 94.1 Å². The molecule has 0 atom stereocenters. The zero-order valence-corrected chi connectivity index (χ0v) is 9.66. The second-order valence-electron chi connectivity index (χ2n) is 4.81. The molecule has 16 heavy (non-hydrogen) atoms. The molecule has 4 nitrogen and oxygen atoms in total. The van der Waals surface area contributed by atoms with Crippen molar-refractivity contribution in [2.75, 3.05) is 6.54 Å². The second-order valence-corrected chi connectivity index (χ2v) is 4.81. The van der Waals surface area contributed by atoms with E-state index in [1.165, 1.54) is 6.20 Å². The first kappa shape index (κ1) is 13.0. The largest absolute Gasteiger partial charge is 0.361 e. The van der Waals surface area contributed by atoms with Crippen molar-refractivity contribution in [3.8, 4) is 0 Å². The number of rotatable bonds is 3. The van der Waals surface area contributed by atoms with E-state index >= 15 is 0 Å². The zero-order chi connectivity index (χ0) is 12.4. The molecular weight excluding hydrogens is 211 g/mol. The standard InChI is InChI=1S/C11H17FN2O2/c1-10(2,3)14-7-11(15,16)8-4-9(12)6-13-5-8/h4-6,14-16H,7H2,1-3H3. The van der Waals surface area contributed by atoms with E-state index in [0.717, 1.165) is 12.3 Å². The molecule has 1 aromatic rings. The highest BCUT2D eigenvalue weighted by atomic mass is 19.1. The molecule has 0 saturated carbocycles. The number of aromatic nitrogens is 1. The highest BCUT2D eigenvalue weighted by Gasteiger charge is 2.28. The summed E-state index contributed by atoms with van der Waals surface area (Å²) in [6, 6.07) is 1.05. The Kier molecular flexibility index (Phi) is 3.62. The van der Waals surface area contributed by atoms with Crippen molar-refractivity contribution in [2.45, 2.75) is 32.1 Å². The molecule has 0 aromatic carbocycles. The van der Waals surface area contributed by atoms with Gasteiger partial charge in [0.05, 0.1) is 12.7 Å². The van der Waals surface area contributed by atoms with E-state index in [1.807, 2.05) is 20.8 Å². The van der Waals surface area contributed by atoms with Gasteiger partial charge in [-0.15, -0.1) is 0 Å². The van der Waals surface area contributed by atoms with Crippen LogP contribution in [0.2, 0.25) is 0 Å². The minimum Gasteiger partial charge on any atom is -0.361 e. The summed E-state index contributed by atoms with van der Waals surface area (Å²) in [5, 5.41) is 22.4. The fourth-order valence-electron chi connectivity index (χ4n) is 1.12. The molecule has 3 N–H and O–H groups in total. The van der Waals surface area contributed by atoms with E-state index in [2.05, 4.69) is 10.3 Å². The van der Waals surface area contributed by atoms with Crippen molar-refractivity contribution >= 4 is 0 Å². The quantitative estimate of drug-likeness (QED) is 0.668. The van der Waals surface area contributed by atoms with Gasteiger partial charge in [-0.3, -0.25) is 4.98 Å². The van der Waals surface area contributed by atoms with Gasteiger partial charge in [0, 0.05) is 17.3 Å². The van der Waals surface area contributed by atoms with Crippen LogP contribution < -0.4 is 5.32 Å². The van der Waals surface area contributed by atoms with Crippen LogP contribution in [-0.2, 0) is 5.79 Å². The predicted molar refractivity (Wildman–Crippen MR) is 58.1 cm³/mol. The summed E-state index contributed by atoms with van der Waals surface area (Å²) >= 11 is 0. The van der Waals surface area contributed by atoms with Crippen LogP contribution in [-0.4, -0.2) is 27.3 Å². The van der Waals surface area contributed by atoms with E-state index in [-0.39, 0.29) is 17.6 Å². The van der Waals surface area contributed by atoms with Crippen LogP contribution in [0.15, 0.2) is 18.5 Å². The number of hydrogen-bond acceptors (Lipinski definition) is 4. The van der Waals surface area contributed by atoms with E-state index in [4.69, 9.17) is 0 Å². The van der Waals surface area contributed by atoms with Gasteiger partial charge in [-0.25, -0.2) is 4.39 Å². The highest BCUT2D eigenvalue weighted by Crippen LogP contribution is 2.17. The lowest BCUT2D eigenvalue weighted by Gasteiger charge is -2.28. The number of aliphatic hydroxyl groups is 2. The molecule has 0 aliphatic heterocycles. The summed E-state index contributed by atoms with van der Waals surface area (Å²) in [4.78, 5) is 3.57.